The van der Waals surface area contributed by atoms with Crippen LogP contribution < -0.4 is 4.74 Å². The van der Waals surface area contributed by atoms with E-state index in [4.69, 9.17) is 21.1 Å². The minimum absolute atomic E-state index is 0.232. The van der Waals surface area contributed by atoms with E-state index in [1.54, 1.807) is 0 Å². The molecule has 0 aliphatic carbocycles. The standard InChI is InChI=1S/C18H29ClO2/c1-15(2)12-18(14-19,13-16(3)4)21-11-10-20-17-8-6-5-7-9-17/h5-9,15-16H,10-14H2,1-4H3. The Balaban J connectivity index is 2.48. The molecule has 0 amide bonds. The monoisotopic (exact) mass is 312 g/mol. The molecule has 0 atom stereocenters. The van der Waals surface area contributed by atoms with Crippen LogP contribution in [0.3, 0.4) is 0 Å². The zero-order valence-corrected chi connectivity index (χ0v) is 14.5. The second-order valence-electron chi connectivity index (χ2n) is 6.52. The Bertz CT molecular complexity index is 366. The second-order valence-corrected chi connectivity index (χ2v) is 6.79. The van der Waals surface area contributed by atoms with Gasteiger partial charge >= 0.3 is 0 Å². The summed E-state index contributed by atoms with van der Waals surface area (Å²) in [6.45, 7) is 9.98. The highest BCUT2D eigenvalue weighted by atomic mass is 35.5. The molecule has 0 unspecified atom stereocenters. The number of rotatable bonds is 10. The molecule has 0 saturated heterocycles. The molecule has 0 saturated carbocycles. The van der Waals surface area contributed by atoms with Crippen LogP contribution >= 0.6 is 11.6 Å². The van der Waals surface area contributed by atoms with Crippen LogP contribution in [0.15, 0.2) is 30.3 Å². The first kappa shape index (κ1) is 18.3. The van der Waals surface area contributed by atoms with Crippen molar-refractivity contribution in [3.8, 4) is 5.75 Å². The summed E-state index contributed by atoms with van der Waals surface area (Å²) >= 11 is 6.24. The lowest BCUT2D eigenvalue weighted by Crippen LogP contribution is -2.39. The molecule has 0 fully saturated rings. The Hall–Kier alpha value is -0.730. The summed E-state index contributed by atoms with van der Waals surface area (Å²) in [5, 5.41) is 0. The minimum Gasteiger partial charge on any atom is -0.491 e. The van der Waals surface area contributed by atoms with Crippen molar-refractivity contribution < 1.29 is 9.47 Å². The number of alkyl halides is 1. The summed E-state index contributed by atoms with van der Waals surface area (Å²) in [4.78, 5) is 0. The van der Waals surface area contributed by atoms with Gasteiger partial charge in [0.2, 0.25) is 0 Å². The smallest absolute Gasteiger partial charge is 0.119 e. The van der Waals surface area contributed by atoms with E-state index in [1.165, 1.54) is 0 Å². The first-order valence-corrected chi connectivity index (χ1v) is 8.38. The maximum atomic E-state index is 6.24. The average molecular weight is 313 g/mol. The lowest BCUT2D eigenvalue weighted by Gasteiger charge is -2.35. The fraction of sp³-hybridized carbons (Fsp3) is 0.667. The van der Waals surface area contributed by atoms with Crippen molar-refractivity contribution >= 4 is 11.6 Å². The molecule has 3 heteroatoms. The molecule has 21 heavy (non-hydrogen) atoms. The van der Waals surface area contributed by atoms with Crippen molar-refractivity contribution in [2.75, 3.05) is 19.1 Å². The van der Waals surface area contributed by atoms with Gasteiger partial charge in [0.25, 0.3) is 0 Å². The summed E-state index contributed by atoms with van der Waals surface area (Å²) in [6.07, 6.45) is 1.97. The average Bonchev–Trinajstić information content (AvgIpc) is 2.43. The van der Waals surface area contributed by atoms with E-state index in [2.05, 4.69) is 27.7 Å². The van der Waals surface area contributed by atoms with Crippen LogP contribution in [-0.2, 0) is 4.74 Å². The summed E-state index contributed by atoms with van der Waals surface area (Å²) in [5.41, 5.74) is -0.232. The van der Waals surface area contributed by atoms with Crippen LogP contribution in [0.5, 0.6) is 5.75 Å². The molecule has 0 aliphatic heterocycles. The molecular formula is C18H29ClO2. The molecule has 2 nitrogen and oxygen atoms in total. The van der Waals surface area contributed by atoms with E-state index in [0.717, 1.165) is 18.6 Å². The molecule has 0 aliphatic rings. The van der Waals surface area contributed by atoms with Gasteiger partial charge < -0.3 is 9.47 Å². The minimum atomic E-state index is -0.232. The van der Waals surface area contributed by atoms with Gasteiger partial charge in [-0.15, -0.1) is 11.6 Å². The normalized spacial score (nSPS) is 12.1. The maximum absolute atomic E-state index is 6.24. The fourth-order valence-electron chi connectivity index (χ4n) is 2.77. The summed E-state index contributed by atoms with van der Waals surface area (Å²) in [7, 11) is 0. The molecule has 0 radical (unpaired) electrons. The molecule has 1 aromatic carbocycles. The quantitative estimate of drug-likeness (QED) is 0.439. The Morgan fingerprint density at radius 2 is 1.52 bits per heavy atom. The van der Waals surface area contributed by atoms with Crippen LogP contribution in [0.2, 0.25) is 0 Å². The predicted octanol–water partition coefficient (Wildman–Crippen LogP) is 5.15. The lowest BCUT2D eigenvalue weighted by atomic mass is 9.86. The van der Waals surface area contributed by atoms with Crippen molar-refractivity contribution in [1.29, 1.82) is 0 Å². The summed E-state index contributed by atoms with van der Waals surface area (Å²) in [5.74, 6) is 2.55. The van der Waals surface area contributed by atoms with E-state index < -0.39 is 0 Å². The van der Waals surface area contributed by atoms with Gasteiger partial charge in [-0.2, -0.15) is 0 Å². The topological polar surface area (TPSA) is 18.5 Å². The molecule has 120 valence electrons. The van der Waals surface area contributed by atoms with Crippen LogP contribution in [0.1, 0.15) is 40.5 Å². The molecule has 0 aromatic heterocycles. The van der Waals surface area contributed by atoms with Crippen LogP contribution in [-0.4, -0.2) is 24.7 Å². The molecule has 0 spiro atoms. The van der Waals surface area contributed by atoms with Crippen LogP contribution in [0, 0.1) is 11.8 Å². The molecule has 1 aromatic rings. The summed E-state index contributed by atoms with van der Waals surface area (Å²) < 4.78 is 11.9. The highest BCUT2D eigenvalue weighted by molar-refractivity contribution is 6.18. The van der Waals surface area contributed by atoms with Crippen molar-refractivity contribution in [3.63, 3.8) is 0 Å². The van der Waals surface area contributed by atoms with E-state index in [0.29, 0.717) is 30.9 Å². The number of ether oxygens (including phenoxy) is 2. The maximum Gasteiger partial charge on any atom is 0.119 e. The zero-order chi connectivity index (χ0) is 15.7. The predicted molar refractivity (Wildman–Crippen MR) is 90.3 cm³/mol. The van der Waals surface area contributed by atoms with Crippen molar-refractivity contribution in [1.82, 2.24) is 0 Å². The third-order valence-electron chi connectivity index (χ3n) is 3.31. The van der Waals surface area contributed by atoms with Gasteiger partial charge in [-0.3, -0.25) is 0 Å². The van der Waals surface area contributed by atoms with Gasteiger partial charge in [0.05, 0.1) is 18.1 Å². The van der Waals surface area contributed by atoms with Crippen LogP contribution in [0.4, 0.5) is 0 Å². The fourth-order valence-corrected chi connectivity index (χ4v) is 3.07. The van der Waals surface area contributed by atoms with Gasteiger partial charge in [0.15, 0.2) is 0 Å². The Labute approximate surface area is 134 Å². The van der Waals surface area contributed by atoms with E-state index in [-0.39, 0.29) is 5.60 Å². The largest absolute Gasteiger partial charge is 0.491 e. The van der Waals surface area contributed by atoms with E-state index >= 15 is 0 Å². The first-order valence-electron chi connectivity index (χ1n) is 7.85. The number of para-hydroxylation sites is 1. The number of benzene rings is 1. The van der Waals surface area contributed by atoms with E-state index in [9.17, 15) is 0 Å². The third-order valence-corrected chi connectivity index (χ3v) is 3.79. The van der Waals surface area contributed by atoms with Crippen molar-refractivity contribution in [2.24, 2.45) is 11.8 Å². The molecule has 0 N–H and O–H groups in total. The number of halogens is 1. The van der Waals surface area contributed by atoms with Gasteiger partial charge in [0, 0.05) is 0 Å². The molecule has 1 rings (SSSR count). The van der Waals surface area contributed by atoms with Gasteiger partial charge in [-0.1, -0.05) is 45.9 Å². The second kappa shape index (κ2) is 9.32. The van der Waals surface area contributed by atoms with Gasteiger partial charge in [0.1, 0.15) is 12.4 Å². The van der Waals surface area contributed by atoms with Crippen molar-refractivity contribution in [2.45, 2.75) is 46.1 Å². The van der Waals surface area contributed by atoms with Gasteiger partial charge in [-0.05, 0) is 36.8 Å². The van der Waals surface area contributed by atoms with E-state index in [1.807, 2.05) is 30.3 Å². The molecule has 0 bridgehead atoms. The Morgan fingerprint density at radius 1 is 0.952 bits per heavy atom. The SMILES string of the molecule is CC(C)CC(CCl)(CC(C)C)OCCOc1ccccc1. The van der Waals surface area contributed by atoms with Gasteiger partial charge in [-0.25, -0.2) is 0 Å². The first-order chi connectivity index (χ1) is 9.97. The molecular weight excluding hydrogens is 284 g/mol. The third kappa shape index (κ3) is 7.19. The highest BCUT2D eigenvalue weighted by Gasteiger charge is 2.32. The lowest BCUT2D eigenvalue weighted by molar-refractivity contribution is -0.0646. The number of hydrogen-bond acceptors (Lipinski definition) is 2. The summed E-state index contributed by atoms with van der Waals surface area (Å²) in [6, 6.07) is 9.83. The number of hydrogen-bond donors (Lipinski definition) is 0. The van der Waals surface area contributed by atoms with Crippen molar-refractivity contribution in [3.05, 3.63) is 30.3 Å². The van der Waals surface area contributed by atoms with Crippen LogP contribution in [0.25, 0.3) is 0 Å². The molecule has 0 heterocycles. The zero-order valence-electron chi connectivity index (χ0n) is 13.8. The Morgan fingerprint density at radius 3 is 2.00 bits per heavy atom. The Kier molecular flexibility index (Phi) is 8.13. The highest BCUT2D eigenvalue weighted by Crippen LogP contribution is 2.30.